The lowest BCUT2D eigenvalue weighted by atomic mass is 10.1. The van der Waals surface area contributed by atoms with Crippen LogP contribution in [0.5, 0.6) is 0 Å². The standard InChI is InChI=1S/C14H19FN4/c1-3-13-12(9-19(2)18-13)14(8-16)17-11-6-4-5-10(15)7-11/h4-7,9,14,17H,3,8,16H2,1-2H3. The van der Waals surface area contributed by atoms with Gasteiger partial charge in [-0.15, -0.1) is 0 Å². The normalized spacial score (nSPS) is 12.4. The average Bonchev–Trinajstić information content (AvgIpc) is 2.77. The fraction of sp³-hybridized carbons (Fsp3) is 0.357. The summed E-state index contributed by atoms with van der Waals surface area (Å²) in [6.45, 7) is 2.48. The third kappa shape index (κ3) is 3.12. The molecule has 1 aromatic heterocycles. The van der Waals surface area contributed by atoms with E-state index in [9.17, 15) is 4.39 Å². The van der Waals surface area contributed by atoms with Crippen molar-refractivity contribution in [1.29, 1.82) is 0 Å². The fourth-order valence-electron chi connectivity index (χ4n) is 2.16. The van der Waals surface area contributed by atoms with Crippen LogP contribution < -0.4 is 11.1 Å². The highest BCUT2D eigenvalue weighted by Crippen LogP contribution is 2.22. The molecule has 3 N–H and O–H groups in total. The summed E-state index contributed by atoms with van der Waals surface area (Å²) >= 11 is 0. The number of aromatic nitrogens is 2. The maximum absolute atomic E-state index is 13.2. The highest BCUT2D eigenvalue weighted by Gasteiger charge is 2.16. The van der Waals surface area contributed by atoms with Gasteiger partial charge in [0.1, 0.15) is 5.82 Å². The summed E-state index contributed by atoms with van der Waals surface area (Å²) in [4.78, 5) is 0. The van der Waals surface area contributed by atoms with E-state index in [1.54, 1.807) is 10.7 Å². The highest BCUT2D eigenvalue weighted by molar-refractivity contribution is 5.46. The van der Waals surface area contributed by atoms with Gasteiger partial charge in [-0.25, -0.2) is 4.39 Å². The van der Waals surface area contributed by atoms with Gasteiger partial charge in [0.25, 0.3) is 0 Å². The molecule has 0 aliphatic rings. The second-order valence-corrected chi connectivity index (χ2v) is 4.50. The predicted molar refractivity (Wildman–Crippen MR) is 74.4 cm³/mol. The predicted octanol–water partition coefficient (Wildman–Crippen LogP) is 2.23. The molecular formula is C14H19FN4. The molecule has 19 heavy (non-hydrogen) atoms. The lowest BCUT2D eigenvalue weighted by Crippen LogP contribution is -2.21. The van der Waals surface area contributed by atoms with E-state index in [0.717, 1.165) is 23.4 Å². The van der Waals surface area contributed by atoms with Gasteiger partial charge in [-0.05, 0) is 24.6 Å². The Morgan fingerprint density at radius 1 is 1.47 bits per heavy atom. The van der Waals surface area contributed by atoms with Gasteiger partial charge < -0.3 is 11.1 Å². The molecule has 2 aromatic rings. The highest BCUT2D eigenvalue weighted by atomic mass is 19.1. The van der Waals surface area contributed by atoms with Crippen LogP contribution in [0.1, 0.15) is 24.2 Å². The summed E-state index contributed by atoms with van der Waals surface area (Å²) in [5, 5.41) is 7.66. The first kappa shape index (κ1) is 13.5. The molecule has 1 aromatic carbocycles. The number of benzene rings is 1. The zero-order valence-electron chi connectivity index (χ0n) is 11.2. The van der Waals surface area contributed by atoms with E-state index in [1.807, 2.05) is 19.3 Å². The Kier molecular flexibility index (Phi) is 4.16. The van der Waals surface area contributed by atoms with Gasteiger partial charge in [-0.2, -0.15) is 5.10 Å². The first-order valence-corrected chi connectivity index (χ1v) is 6.38. The second-order valence-electron chi connectivity index (χ2n) is 4.50. The number of nitrogens with two attached hydrogens (primary N) is 1. The SMILES string of the molecule is CCc1nn(C)cc1C(CN)Nc1cccc(F)c1. The molecule has 0 aliphatic carbocycles. The number of nitrogens with one attached hydrogen (secondary N) is 1. The topological polar surface area (TPSA) is 55.9 Å². The third-order valence-electron chi connectivity index (χ3n) is 3.05. The molecule has 0 spiro atoms. The number of aryl methyl sites for hydroxylation is 2. The van der Waals surface area contributed by atoms with E-state index in [0.29, 0.717) is 6.54 Å². The summed E-state index contributed by atoms with van der Waals surface area (Å²) in [6, 6.07) is 6.32. The van der Waals surface area contributed by atoms with Crippen LogP contribution in [0.2, 0.25) is 0 Å². The zero-order chi connectivity index (χ0) is 13.8. The molecule has 0 saturated heterocycles. The van der Waals surface area contributed by atoms with Crippen molar-refractivity contribution in [2.24, 2.45) is 12.8 Å². The molecule has 1 heterocycles. The van der Waals surface area contributed by atoms with Crippen molar-refractivity contribution in [1.82, 2.24) is 9.78 Å². The van der Waals surface area contributed by atoms with E-state index < -0.39 is 0 Å². The summed E-state index contributed by atoms with van der Waals surface area (Å²) in [5.74, 6) is -0.261. The summed E-state index contributed by atoms with van der Waals surface area (Å²) in [6.07, 6.45) is 2.81. The number of rotatable bonds is 5. The first-order valence-electron chi connectivity index (χ1n) is 6.38. The van der Waals surface area contributed by atoms with Gasteiger partial charge >= 0.3 is 0 Å². The Hall–Kier alpha value is -1.88. The van der Waals surface area contributed by atoms with Crippen molar-refractivity contribution in [2.45, 2.75) is 19.4 Å². The van der Waals surface area contributed by atoms with E-state index >= 15 is 0 Å². The maximum Gasteiger partial charge on any atom is 0.125 e. The van der Waals surface area contributed by atoms with E-state index in [1.165, 1.54) is 12.1 Å². The van der Waals surface area contributed by atoms with Gasteiger partial charge in [0, 0.05) is 31.0 Å². The maximum atomic E-state index is 13.2. The monoisotopic (exact) mass is 262 g/mol. The van der Waals surface area contributed by atoms with Crippen LogP contribution in [0.25, 0.3) is 0 Å². The molecule has 102 valence electrons. The number of anilines is 1. The van der Waals surface area contributed by atoms with Crippen LogP contribution in [0.15, 0.2) is 30.5 Å². The lowest BCUT2D eigenvalue weighted by molar-refractivity contribution is 0.627. The summed E-state index contributed by atoms with van der Waals surface area (Å²) in [5.41, 5.74) is 8.64. The minimum atomic E-state index is -0.261. The van der Waals surface area contributed by atoms with Gasteiger partial charge in [-0.3, -0.25) is 4.68 Å². The summed E-state index contributed by atoms with van der Waals surface area (Å²) < 4.78 is 15.0. The molecule has 0 fully saturated rings. The molecule has 0 amide bonds. The Bertz CT molecular complexity index is 550. The van der Waals surface area contributed by atoms with Gasteiger partial charge in [-0.1, -0.05) is 13.0 Å². The average molecular weight is 262 g/mol. The molecule has 0 bridgehead atoms. The van der Waals surface area contributed by atoms with E-state index in [2.05, 4.69) is 17.3 Å². The van der Waals surface area contributed by atoms with Crippen molar-refractivity contribution in [3.05, 3.63) is 47.5 Å². The van der Waals surface area contributed by atoms with Crippen molar-refractivity contribution >= 4 is 5.69 Å². The van der Waals surface area contributed by atoms with Gasteiger partial charge in [0.15, 0.2) is 0 Å². The number of nitrogens with zero attached hydrogens (tertiary/aromatic N) is 2. The number of hydrogen-bond acceptors (Lipinski definition) is 3. The first-order chi connectivity index (χ1) is 9.13. The largest absolute Gasteiger partial charge is 0.377 e. The molecule has 4 nitrogen and oxygen atoms in total. The molecule has 0 aliphatic heterocycles. The molecule has 1 unspecified atom stereocenters. The van der Waals surface area contributed by atoms with Crippen LogP contribution in [0, 0.1) is 5.82 Å². The quantitative estimate of drug-likeness (QED) is 0.868. The fourth-order valence-corrected chi connectivity index (χ4v) is 2.16. The molecule has 0 saturated carbocycles. The molecule has 5 heteroatoms. The Morgan fingerprint density at radius 2 is 2.26 bits per heavy atom. The van der Waals surface area contributed by atoms with Crippen molar-refractivity contribution < 1.29 is 4.39 Å². The minimum absolute atomic E-state index is 0.0644. The van der Waals surface area contributed by atoms with Crippen LogP contribution in [-0.4, -0.2) is 16.3 Å². The Morgan fingerprint density at radius 3 is 2.89 bits per heavy atom. The molecule has 0 radical (unpaired) electrons. The van der Waals surface area contributed by atoms with Crippen LogP contribution in [0.3, 0.4) is 0 Å². The molecule has 2 rings (SSSR count). The van der Waals surface area contributed by atoms with Crippen molar-refractivity contribution in [2.75, 3.05) is 11.9 Å². The zero-order valence-corrected chi connectivity index (χ0v) is 11.2. The van der Waals surface area contributed by atoms with Crippen LogP contribution in [-0.2, 0) is 13.5 Å². The lowest BCUT2D eigenvalue weighted by Gasteiger charge is -2.18. The second kappa shape index (κ2) is 5.84. The summed E-state index contributed by atoms with van der Waals surface area (Å²) in [7, 11) is 1.89. The Labute approximate surface area is 112 Å². The third-order valence-corrected chi connectivity index (χ3v) is 3.05. The minimum Gasteiger partial charge on any atom is -0.377 e. The number of halogens is 1. The van der Waals surface area contributed by atoms with Crippen LogP contribution >= 0.6 is 0 Å². The molecule has 1 atom stereocenters. The van der Waals surface area contributed by atoms with Crippen molar-refractivity contribution in [3.8, 4) is 0 Å². The van der Waals surface area contributed by atoms with Crippen molar-refractivity contribution in [3.63, 3.8) is 0 Å². The molecular weight excluding hydrogens is 243 g/mol. The van der Waals surface area contributed by atoms with E-state index in [4.69, 9.17) is 5.73 Å². The Balaban J connectivity index is 2.24. The van der Waals surface area contributed by atoms with Gasteiger partial charge in [0.2, 0.25) is 0 Å². The van der Waals surface area contributed by atoms with Crippen LogP contribution in [0.4, 0.5) is 10.1 Å². The van der Waals surface area contributed by atoms with E-state index in [-0.39, 0.29) is 11.9 Å². The smallest absolute Gasteiger partial charge is 0.125 e. The van der Waals surface area contributed by atoms with Gasteiger partial charge in [0.05, 0.1) is 11.7 Å². The number of hydrogen-bond donors (Lipinski definition) is 2.